The van der Waals surface area contributed by atoms with Crippen LogP contribution in [-0.2, 0) is 32.6 Å². The van der Waals surface area contributed by atoms with Gasteiger partial charge in [-0.25, -0.2) is 17.8 Å². The molecule has 12 nitrogen and oxygen atoms in total. The van der Waals surface area contributed by atoms with Crippen molar-refractivity contribution in [2.75, 3.05) is 13.1 Å². The van der Waals surface area contributed by atoms with Crippen LogP contribution in [0.1, 0.15) is 94.5 Å². The summed E-state index contributed by atoms with van der Waals surface area (Å²) in [5, 5.41) is 6.43. The van der Waals surface area contributed by atoms with Crippen molar-refractivity contribution in [3.05, 3.63) is 124 Å². The summed E-state index contributed by atoms with van der Waals surface area (Å²) in [6.07, 6.45) is 4.40. The maximum atomic E-state index is 14.6. The smallest absolute Gasteiger partial charge is 0.337 e. The van der Waals surface area contributed by atoms with Crippen LogP contribution in [0.15, 0.2) is 89.8 Å². The van der Waals surface area contributed by atoms with E-state index in [4.69, 9.17) is 21.2 Å². The molecule has 292 valence electrons. The van der Waals surface area contributed by atoms with Crippen molar-refractivity contribution in [3.8, 4) is 5.69 Å². The van der Waals surface area contributed by atoms with E-state index in [9.17, 15) is 22.8 Å². The van der Waals surface area contributed by atoms with Gasteiger partial charge in [-0.15, -0.1) is 0 Å². The third-order valence-corrected chi connectivity index (χ3v) is 11.6. The van der Waals surface area contributed by atoms with Crippen molar-refractivity contribution in [2.45, 2.75) is 77.3 Å². The molecule has 0 aliphatic carbocycles. The number of nitrogens with one attached hydrogen (secondary N) is 1. The predicted molar refractivity (Wildman–Crippen MR) is 212 cm³/mol. The topological polar surface area (TPSA) is 156 Å². The van der Waals surface area contributed by atoms with Gasteiger partial charge in [-0.05, 0) is 85.3 Å². The lowest BCUT2D eigenvalue weighted by molar-refractivity contribution is -0.191. The molecule has 14 heteroatoms. The second-order valence-electron chi connectivity index (χ2n) is 13.7. The Morgan fingerprint density at radius 1 is 0.893 bits per heavy atom. The van der Waals surface area contributed by atoms with E-state index in [0.717, 1.165) is 42.2 Å². The number of hydrogen-bond donors (Lipinski definition) is 1. The quantitative estimate of drug-likeness (QED) is 0.140. The van der Waals surface area contributed by atoms with E-state index in [-0.39, 0.29) is 50.7 Å². The molecule has 0 saturated carbocycles. The zero-order valence-corrected chi connectivity index (χ0v) is 33.3. The Balaban J connectivity index is 0.00000194. The van der Waals surface area contributed by atoms with Gasteiger partial charge in [0, 0.05) is 31.2 Å². The number of carbonyl (C=O) groups is 3. The minimum absolute atomic E-state index is 0.0379. The lowest BCUT2D eigenvalue weighted by Crippen LogP contribution is -2.43. The highest BCUT2D eigenvalue weighted by atomic mass is 35.5. The van der Waals surface area contributed by atoms with Gasteiger partial charge in [-0.2, -0.15) is 14.7 Å². The Bertz CT molecular complexity index is 2400. The maximum absolute atomic E-state index is 14.6. The number of carbonyl (C=O) groups excluding carboxylic acids is 5. The molecular weight excluding hydrogens is 754 g/mol. The summed E-state index contributed by atoms with van der Waals surface area (Å²) in [7, 11) is -4.27. The molecule has 6 rings (SSSR count). The molecule has 0 bridgehead atoms. The van der Waals surface area contributed by atoms with Gasteiger partial charge < -0.3 is 9.80 Å². The molecule has 1 atom stereocenters. The third kappa shape index (κ3) is 9.08. The summed E-state index contributed by atoms with van der Waals surface area (Å²) in [5.41, 5.74) is 3.08. The van der Waals surface area contributed by atoms with Crippen LogP contribution in [0.5, 0.6) is 0 Å². The predicted octanol–water partition coefficient (Wildman–Crippen LogP) is 7.15. The molecule has 1 aliphatic heterocycles. The van der Waals surface area contributed by atoms with Gasteiger partial charge in [0.25, 0.3) is 27.7 Å². The monoisotopic (exact) mass is 797 g/mol. The number of nitrogens with zero attached hydrogens (tertiary/aromatic N) is 4. The SMILES string of the molecule is CCCCN(CCCC)C(=O)c1nn(-c2ccc(C(=O)NS(=O)(=O)c3ccc4ccccc4c3)cc2C(=O)N2Cc3ccccc3C[C@@H]2C)c(C)c1Cl.O=C=O. The van der Waals surface area contributed by atoms with Crippen molar-refractivity contribution in [3.63, 3.8) is 0 Å². The van der Waals surface area contributed by atoms with Crippen LogP contribution in [0, 0.1) is 6.92 Å². The summed E-state index contributed by atoms with van der Waals surface area (Å²) in [5.74, 6) is -1.56. The molecule has 56 heavy (non-hydrogen) atoms. The van der Waals surface area contributed by atoms with Crippen molar-refractivity contribution in [1.82, 2.24) is 24.3 Å². The van der Waals surface area contributed by atoms with Gasteiger partial charge in [-0.1, -0.05) is 92.9 Å². The minimum Gasteiger partial charge on any atom is -0.337 e. The Kier molecular flexibility index (Phi) is 13.6. The van der Waals surface area contributed by atoms with Crippen molar-refractivity contribution >= 4 is 56.3 Å². The van der Waals surface area contributed by atoms with E-state index in [1.165, 1.54) is 28.9 Å². The van der Waals surface area contributed by atoms with Gasteiger partial charge in [0.15, 0.2) is 5.69 Å². The second-order valence-corrected chi connectivity index (χ2v) is 15.7. The largest absolute Gasteiger partial charge is 0.373 e. The molecule has 0 saturated heterocycles. The molecule has 0 radical (unpaired) electrons. The molecule has 0 fully saturated rings. The Morgan fingerprint density at radius 2 is 1.52 bits per heavy atom. The lowest BCUT2D eigenvalue weighted by Gasteiger charge is -2.35. The van der Waals surface area contributed by atoms with Crippen LogP contribution >= 0.6 is 11.6 Å². The molecule has 0 spiro atoms. The van der Waals surface area contributed by atoms with Crippen LogP contribution in [-0.4, -0.2) is 71.0 Å². The number of hydrogen-bond acceptors (Lipinski definition) is 8. The Hall–Kier alpha value is -5.62. The van der Waals surface area contributed by atoms with Gasteiger partial charge in [0.1, 0.15) is 0 Å². The van der Waals surface area contributed by atoms with Crippen LogP contribution in [0.2, 0.25) is 5.02 Å². The Labute approximate surface area is 331 Å². The highest BCUT2D eigenvalue weighted by molar-refractivity contribution is 7.90. The number of rotatable bonds is 12. The van der Waals surface area contributed by atoms with E-state index in [1.54, 1.807) is 34.9 Å². The summed E-state index contributed by atoms with van der Waals surface area (Å²) in [6, 6.07) is 24.1. The highest BCUT2D eigenvalue weighted by Gasteiger charge is 2.32. The van der Waals surface area contributed by atoms with Gasteiger partial charge in [0.05, 0.1) is 26.9 Å². The number of sulfonamides is 1. The van der Waals surface area contributed by atoms with E-state index in [2.05, 4.69) is 29.7 Å². The fraction of sp³-hybridized carbons (Fsp3) is 0.310. The van der Waals surface area contributed by atoms with Crippen LogP contribution in [0.3, 0.4) is 0 Å². The number of fused-ring (bicyclic) bond motifs is 2. The van der Waals surface area contributed by atoms with Crippen molar-refractivity contribution in [2.24, 2.45) is 0 Å². The number of benzene rings is 4. The fourth-order valence-corrected chi connectivity index (χ4v) is 7.94. The first-order chi connectivity index (χ1) is 26.8. The van der Waals surface area contributed by atoms with Crippen LogP contribution < -0.4 is 4.72 Å². The summed E-state index contributed by atoms with van der Waals surface area (Å²) >= 11 is 6.82. The maximum Gasteiger partial charge on any atom is 0.373 e. The number of aromatic nitrogens is 2. The van der Waals surface area contributed by atoms with Crippen molar-refractivity contribution < 1.29 is 32.4 Å². The molecular formula is C42H44ClN5O7S. The van der Waals surface area contributed by atoms with Crippen molar-refractivity contribution in [1.29, 1.82) is 0 Å². The average molecular weight is 798 g/mol. The number of amides is 3. The molecule has 3 amide bonds. The zero-order chi connectivity index (χ0) is 40.6. The first-order valence-corrected chi connectivity index (χ1v) is 20.3. The normalized spacial score (nSPS) is 13.6. The zero-order valence-electron chi connectivity index (χ0n) is 31.7. The molecule has 1 N–H and O–H groups in total. The lowest BCUT2D eigenvalue weighted by atomic mass is 9.94. The molecule has 5 aromatic rings. The summed E-state index contributed by atoms with van der Waals surface area (Å²) in [6.45, 7) is 9.31. The van der Waals surface area contributed by atoms with E-state index in [1.807, 2.05) is 43.3 Å². The van der Waals surface area contributed by atoms with Crippen LogP contribution in [0.25, 0.3) is 16.5 Å². The molecule has 1 aromatic heterocycles. The third-order valence-electron chi connectivity index (χ3n) is 9.84. The van der Waals surface area contributed by atoms with E-state index < -0.39 is 15.9 Å². The average Bonchev–Trinajstić information content (AvgIpc) is 3.49. The number of unbranched alkanes of at least 4 members (excludes halogenated alkanes) is 2. The Morgan fingerprint density at radius 3 is 2.18 bits per heavy atom. The molecule has 4 aromatic carbocycles. The van der Waals surface area contributed by atoms with E-state index in [0.29, 0.717) is 42.8 Å². The standard InChI is InChI=1S/C41H44ClN5O5S.CO2/c1-5-7-21-45(22-8-6-2)41(50)38-37(42)28(4)47(43-38)36-20-18-32(25-35(36)40(49)46-26-33-16-12-11-14-30(33)23-27(46)3)39(48)44-53(51,52)34-19-17-29-13-9-10-15-31(29)24-34;2-1-3/h9-20,24-25,27H,5-8,21-23,26H2,1-4H3,(H,44,48);/t27-;/m0./s1. The highest BCUT2D eigenvalue weighted by Crippen LogP contribution is 2.31. The van der Waals surface area contributed by atoms with Gasteiger partial charge >= 0.3 is 6.15 Å². The van der Waals surface area contributed by atoms with Crippen LogP contribution in [0.4, 0.5) is 0 Å². The molecule has 0 unspecified atom stereocenters. The number of halogens is 1. The van der Waals surface area contributed by atoms with E-state index >= 15 is 0 Å². The molecule has 2 heterocycles. The summed E-state index contributed by atoms with van der Waals surface area (Å²) < 4.78 is 30.5. The summed E-state index contributed by atoms with van der Waals surface area (Å²) in [4.78, 5) is 61.8. The van der Waals surface area contributed by atoms with Gasteiger partial charge in [0.2, 0.25) is 0 Å². The van der Waals surface area contributed by atoms with Gasteiger partial charge in [-0.3, -0.25) is 14.4 Å². The fourth-order valence-electron chi connectivity index (χ4n) is 6.73. The first kappa shape index (κ1) is 41.5. The second kappa shape index (κ2) is 18.3. The first-order valence-electron chi connectivity index (χ1n) is 18.5. The molecule has 1 aliphatic rings. The minimum atomic E-state index is -4.27.